The number of anilines is 1. The number of rotatable bonds is 11. The lowest BCUT2D eigenvalue weighted by molar-refractivity contribution is -0.139. The summed E-state index contributed by atoms with van der Waals surface area (Å²) in [5.41, 5.74) is 3.31. The summed E-state index contributed by atoms with van der Waals surface area (Å²) in [5.74, 6) is -0.672. The number of hydrogen-bond acceptors (Lipinski definition) is 4. The Labute approximate surface area is 254 Å². The molecule has 3 aromatic rings. The molecule has 1 atom stereocenters. The van der Waals surface area contributed by atoms with Gasteiger partial charge in [0, 0.05) is 17.6 Å². The Bertz CT molecular complexity index is 1470. The van der Waals surface area contributed by atoms with Crippen LogP contribution in [0.3, 0.4) is 0 Å². The number of nitrogens with zero attached hydrogens (tertiary/aromatic N) is 2. The summed E-state index contributed by atoms with van der Waals surface area (Å²) in [5, 5.41) is 3.54. The fourth-order valence-electron chi connectivity index (χ4n) is 5.28. The standard InChI is InChI=1S/C33H40ClN3O4S/c1-24-14-17-30(22-25(24)2)37(42(40,41)31-18-15-28(34)16-19-31)23-32(38)36(21-20-27-10-6-4-7-11-27)26(3)33(39)35-29-12-8-5-9-13-29/h4,6-7,10-11,14-19,22,26,29H,5,8-9,12-13,20-21,23H2,1-3H3,(H,35,39). The third-order valence-corrected chi connectivity index (χ3v) is 10.1. The largest absolute Gasteiger partial charge is 0.352 e. The SMILES string of the molecule is Cc1ccc(N(CC(=O)N(CCc2ccccc2)C(C)C(=O)NC2CCCCC2)S(=O)(=O)c2ccc(Cl)cc2)cc1C. The molecule has 0 saturated heterocycles. The van der Waals surface area contributed by atoms with Crippen molar-refractivity contribution in [2.24, 2.45) is 0 Å². The summed E-state index contributed by atoms with van der Waals surface area (Å²) in [7, 11) is -4.14. The highest BCUT2D eigenvalue weighted by Gasteiger charge is 2.33. The molecule has 0 bridgehead atoms. The second kappa shape index (κ2) is 14.2. The highest BCUT2D eigenvalue weighted by atomic mass is 35.5. The summed E-state index contributed by atoms with van der Waals surface area (Å²) in [6.07, 6.45) is 5.70. The minimum absolute atomic E-state index is 0.0249. The van der Waals surface area contributed by atoms with E-state index in [0.717, 1.165) is 46.7 Å². The van der Waals surface area contributed by atoms with E-state index in [2.05, 4.69) is 5.32 Å². The van der Waals surface area contributed by atoms with Crippen molar-refractivity contribution in [3.8, 4) is 0 Å². The van der Waals surface area contributed by atoms with E-state index < -0.39 is 28.5 Å². The molecule has 0 aliphatic heterocycles. The van der Waals surface area contributed by atoms with Crippen molar-refractivity contribution in [1.29, 1.82) is 0 Å². The van der Waals surface area contributed by atoms with Crippen LogP contribution in [0.25, 0.3) is 0 Å². The molecule has 0 aromatic heterocycles. The monoisotopic (exact) mass is 609 g/mol. The Kier molecular flexibility index (Phi) is 10.7. The number of amides is 2. The second-order valence-corrected chi connectivity index (χ2v) is 13.4. The number of hydrogen-bond donors (Lipinski definition) is 1. The van der Waals surface area contributed by atoms with E-state index in [1.54, 1.807) is 19.1 Å². The minimum atomic E-state index is -4.14. The molecule has 9 heteroatoms. The molecular weight excluding hydrogens is 570 g/mol. The second-order valence-electron chi connectivity index (χ2n) is 11.1. The van der Waals surface area contributed by atoms with Gasteiger partial charge in [0.15, 0.2) is 0 Å². The molecule has 1 aliphatic rings. The molecule has 1 unspecified atom stereocenters. The van der Waals surface area contributed by atoms with Crippen molar-refractivity contribution in [2.45, 2.75) is 76.3 Å². The van der Waals surface area contributed by atoms with Gasteiger partial charge in [0.2, 0.25) is 11.8 Å². The average Bonchev–Trinajstić information content (AvgIpc) is 2.98. The van der Waals surface area contributed by atoms with Gasteiger partial charge in [-0.2, -0.15) is 0 Å². The highest BCUT2D eigenvalue weighted by molar-refractivity contribution is 7.92. The van der Waals surface area contributed by atoms with E-state index >= 15 is 0 Å². The maximum absolute atomic E-state index is 14.1. The lowest BCUT2D eigenvalue weighted by atomic mass is 9.95. The predicted octanol–water partition coefficient (Wildman–Crippen LogP) is 6.06. The topological polar surface area (TPSA) is 86.8 Å². The Morgan fingerprint density at radius 1 is 0.929 bits per heavy atom. The third-order valence-electron chi connectivity index (χ3n) is 8.06. The Hall–Kier alpha value is -3.36. The van der Waals surface area contributed by atoms with Crippen LogP contribution in [0.2, 0.25) is 5.02 Å². The van der Waals surface area contributed by atoms with Crippen molar-refractivity contribution < 1.29 is 18.0 Å². The van der Waals surface area contributed by atoms with E-state index in [4.69, 9.17) is 11.6 Å². The first kappa shape index (κ1) is 31.6. The number of aryl methyl sites for hydroxylation is 2. The van der Waals surface area contributed by atoms with E-state index in [1.807, 2.05) is 50.2 Å². The molecule has 224 valence electrons. The van der Waals surface area contributed by atoms with Crippen molar-refractivity contribution in [2.75, 3.05) is 17.4 Å². The zero-order chi connectivity index (χ0) is 30.3. The van der Waals surface area contributed by atoms with Crippen molar-refractivity contribution in [1.82, 2.24) is 10.2 Å². The molecule has 3 aromatic carbocycles. The Balaban J connectivity index is 1.65. The van der Waals surface area contributed by atoms with Crippen LogP contribution in [-0.2, 0) is 26.0 Å². The molecule has 1 N–H and O–H groups in total. The molecule has 2 amide bonds. The number of nitrogens with one attached hydrogen (secondary N) is 1. The van der Waals surface area contributed by atoms with Gasteiger partial charge in [0.1, 0.15) is 12.6 Å². The molecule has 0 heterocycles. The number of sulfonamides is 1. The van der Waals surface area contributed by atoms with Gasteiger partial charge in [0.25, 0.3) is 10.0 Å². The fraction of sp³-hybridized carbons (Fsp3) is 0.394. The summed E-state index contributed by atoms with van der Waals surface area (Å²) < 4.78 is 29.1. The van der Waals surface area contributed by atoms with Crippen molar-refractivity contribution in [3.05, 3.63) is 94.5 Å². The number of carbonyl (C=O) groups excluding carboxylic acids is 2. The summed E-state index contributed by atoms with van der Waals surface area (Å²) in [4.78, 5) is 29.0. The predicted molar refractivity (Wildman–Crippen MR) is 168 cm³/mol. The average molecular weight is 610 g/mol. The van der Waals surface area contributed by atoms with Gasteiger partial charge in [-0.25, -0.2) is 8.42 Å². The van der Waals surface area contributed by atoms with Gasteiger partial charge in [0.05, 0.1) is 10.6 Å². The zero-order valence-corrected chi connectivity index (χ0v) is 26.1. The van der Waals surface area contributed by atoms with E-state index in [-0.39, 0.29) is 23.4 Å². The molecule has 0 radical (unpaired) electrons. The Morgan fingerprint density at radius 3 is 2.24 bits per heavy atom. The highest BCUT2D eigenvalue weighted by Crippen LogP contribution is 2.27. The first-order valence-electron chi connectivity index (χ1n) is 14.6. The van der Waals surface area contributed by atoms with E-state index in [1.165, 1.54) is 35.6 Å². The smallest absolute Gasteiger partial charge is 0.264 e. The van der Waals surface area contributed by atoms with Gasteiger partial charge in [-0.1, -0.05) is 67.3 Å². The van der Waals surface area contributed by atoms with E-state index in [0.29, 0.717) is 17.1 Å². The van der Waals surface area contributed by atoms with Crippen LogP contribution >= 0.6 is 11.6 Å². The summed E-state index contributed by atoms with van der Waals surface area (Å²) in [6.45, 7) is 5.38. The van der Waals surface area contributed by atoms with Crippen LogP contribution in [-0.4, -0.2) is 50.3 Å². The molecule has 1 aliphatic carbocycles. The molecule has 4 rings (SSSR count). The fourth-order valence-corrected chi connectivity index (χ4v) is 6.81. The van der Waals surface area contributed by atoms with Crippen LogP contribution in [0.15, 0.2) is 77.7 Å². The first-order chi connectivity index (χ1) is 20.1. The molecular formula is C33H40ClN3O4S. The number of benzene rings is 3. The quantitative estimate of drug-likeness (QED) is 0.286. The van der Waals surface area contributed by atoms with Crippen LogP contribution in [0, 0.1) is 13.8 Å². The van der Waals surface area contributed by atoms with Crippen LogP contribution < -0.4 is 9.62 Å². The molecule has 1 fully saturated rings. The molecule has 7 nitrogen and oxygen atoms in total. The maximum atomic E-state index is 14.1. The number of carbonyl (C=O) groups is 2. The summed E-state index contributed by atoms with van der Waals surface area (Å²) >= 11 is 6.03. The van der Waals surface area contributed by atoms with Gasteiger partial charge < -0.3 is 10.2 Å². The van der Waals surface area contributed by atoms with Crippen molar-refractivity contribution in [3.63, 3.8) is 0 Å². The first-order valence-corrected chi connectivity index (χ1v) is 16.4. The maximum Gasteiger partial charge on any atom is 0.264 e. The zero-order valence-electron chi connectivity index (χ0n) is 24.6. The van der Waals surface area contributed by atoms with Crippen molar-refractivity contribution >= 4 is 39.1 Å². The minimum Gasteiger partial charge on any atom is -0.352 e. The van der Waals surface area contributed by atoms with E-state index in [9.17, 15) is 18.0 Å². The summed E-state index contributed by atoms with van der Waals surface area (Å²) in [6, 6.07) is 20.3. The number of halogens is 1. The molecule has 1 saturated carbocycles. The Morgan fingerprint density at radius 2 is 1.60 bits per heavy atom. The molecule has 0 spiro atoms. The lowest BCUT2D eigenvalue weighted by Gasteiger charge is -2.33. The molecule has 42 heavy (non-hydrogen) atoms. The van der Waals surface area contributed by atoms with Gasteiger partial charge >= 0.3 is 0 Å². The van der Waals surface area contributed by atoms with Crippen LogP contribution in [0.1, 0.15) is 55.7 Å². The van der Waals surface area contributed by atoms with Crippen LogP contribution in [0.5, 0.6) is 0 Å². The van der Waals surface area contributed by atoms with Gasteiger partial charge in [-0.3, -0.25) is 13.9 Å². The van der Waals surface area contributed by atoms with Gasteiger partial charge in [-0.15, -0.1) is 0 Å². The van der Waals surface area contributed by atoms with Crippen LogP contribution in [0.4, 0.5) is 5.69 Å². The van der Waals surface area contributed by atoms with Gasteiger partial charge in [-0.05, 0) is 93.1 Å². The normalized spacial score (nSPS) is 14.7. The lowest BCUT2D eigenvalue weighted by Crippen LogP contribution is -2.53. The third kappa shape index (κ3) is 7.92.